The predicted octanol–water partition coefficient (Wildman–Crippen LogP) is 0.627. The number of piperidine rings is 1. The van der Waals surface area contributed by atoms with Gasteiger partial charge in [-0.3, -0.25) is 4.79 Å². The lowest BCUT2D eigenvalue weighted by Crippen LogP contribution is -2.45. The number of hydrogen-bond donors (Lipinski definition) is 1. The van der Waals surface area contributed by atoms with E-state index in [4.69, 9.17) is 0 Å². The van der Waals surface area contributed by atoms with Crippen molar-refractivity contribution >= 4 is 5.91 Å². The van der Waals surface area contributed by atoms with E-state index in [0.29, 0.717) is 31.5 Å². The molecule has 5 nitrogen and oxygen atoms in total. The van der Waals surface area contributed by atoms with Crippen LogP contribution < -0.4 is 5.63 Å². The van der Waals surface area contributed by atoms with Gasteiger partial charge in [0.25, 0.3) is 5.91 Å². The van der Waals surface area contributed by atoms with Gasteiger partial charge in [-0.25, -0.2) is 4.79 Å². The lowest BCUT2D eigenvalue weighted by molar-refractivity contribution is -0.00208. The summed E-state index contributed by atoms with van der Waals surface area (Å²) < 4.78 is 4.66. The second kappa shape index (κ2) is 4.33. The Balaban J connectivity index is 2.06. The SMILES string of the molecule is CC1(O)CCN(C(=O)c2ccc(=O)oc2)CC1. The van der Waals surface area contributed by atoms with Crippen molar-refractivity contribution in [1.82, 2.24) is 4.90 Å². The molecule has 0 unspecified atom stereocenters. The van der Waals surface area contributed by atoms with Crippen molar-refractivity contribution in [2.24, 2.45) is 0 Å². The molecule has 1 aliphatic heterocycles. The molecule has 0 aliphatic carbocycles. The van der Waals surface area contributed by atoms with Gasteiger partial charge in [0.05, 0.1) is 11.2 Å². The van der Waals surface area contributed by atoms with E-state index in [1.165, 1.54) is 18.4 Å². The smallest absolute Gasteiger partial charge is 0.335 e. The number of amides is 1. The lowest BCUT2D eigenvalue weighted by Gasteiger charge is -2.35. The van der Waals surface area contributed by atoms with E-state index < -0.39 is 11.2 Å². The maximum Gasteiger partial charge on any atom is 0.335 e. The lowest BCUT2D eigenvalue weighted by atomic mass is 9.93. The number of hydrogen-bond acceptors (Lipinski definition) is 4. The first-order valence-corrected chi connectivity index (χ1v) is 5.58. The Morgan fingerprint density at radius 2 is 2.06 bits per heavy atom. The van der Waals surface area contributed by atoms with Gasteiger partial charge < -0.3 is 14.4 Å². The summed E-state index contributed by atoms with van der Waals surface area (Å²) in [6.07, 6.45) is 2.31. The van der Waals surface area contributed by atoms with E-state index in [-0.39, 0.29) is 5.91 Å². The molecule has 0 atom stereocenters. The zero-order chi connectivity index (χ0) is 12.5. The van der Waals surface area contributed by atoms with Crippen LogP contribution in [0.3, 0.4) is 0 Å². The molecule has 1 saturated heterocycles. The predicted molar refractivity (Wildman–Crippen MR) is 60.7 cm³/mol. The number of nitrogens with zero attached hydrogens (tertiary/aromatic N) is 1. The first-order chi connectivity index (χ1) is 7.98. The number of rotatable bonds is 1. The fourth-order valence-corrected chi connectivity index (χ4v) is 1.85. The molecule has 5 heteroatoms. The van der Waals surface area contributed by atoms with Crippen LogP contribution >= 0.6 is 0 Å². The van der Waals surface area contributed by atoms with Gasteiger partial charge in [-0.05, 0) is 25.8 Å². The number of carbonyl (C=O) groups excluding carboxylic acids is 1. The molecule has 1 aromatic rings. The molecular weight excluding hydrogens is 222 g/mol. The fourth-order valence-electron chi connectivity index (χ4n) is 1.85. The van der Waals surface area contributed by atoms with Gasteiger partial charge in [-0.15, -0.1) is 0 Å². The van der Waals surface area contributed by atoms with Gasteiger partial charge in [0, 0.05) is 19.2 Å². The molecule has 0 spiro atoms. The minimum absolute atomic E-state index is 0.163. The van der Waals surface area contributed by atoms with Crippen molar-refractivity contribution in [2.45, 2.75) is 25.4 Å². The van der Waals surface area contributed by atoms with Gasteiger partial charge in [0.15, 0.2) is 0 Å². The van der Waals surface area contributed by atoms with E-state index >= 15 is 0 Å². The second-order valence-corrected chi connectivity index (χ2v) is 4.63. The highest BCUT2D eigenvalue weighted by atomic mass is 16.4. The minimum Gasteiger partial charge on any atom is -0.430 e. The van der Waals surface area contributed by atoms with E-state index in [2.05, 4.69) is 4.42 Å². The summed E-state index contributed by atoms with van der Waals surface area (Å²) >= 11 is 0. The third-order valence-electron chi connectivity index (χ3n) is 3.08. The Bertz CT molecular complexity index is 447. The van der Waals surface area contributed by atoms with Crippen molar-refractivity contribution in [3.05, 3.63) is 34.4 Å². The monoisotopic (exact) mass is 237 g/mol. The highest BCUT2D eigenvalue weighted by Crippen LogP contribution is 2.22. The number of carbonyl (C=O) groups is 1. The number of aliphatic hydroxyl groups is 1. The highest BCUT2D eigenvalue weighted by Gasteiger charge is 2.30. The van der Waals surface area contributed by atoms with E-state index in [1.807, 2.05) is 0 Å². The van der Waals surface area contributed by atoms with Crippen LogP contribution in [0.15, 0.2) is 27.6 Å². The molecule has 1 fully saturated rings. The average Bonchev–Trinajstić information content (AvgIpc) is 2.29. The van der Waals surface area contributed by atoms with Crippen LogP contribution in [0.2, 0.25) is 0 Å². The molecule has 0 saturated carbocycles. The summed E-state index contributed by atoms with van der Waals surface area (Å²) in [5.41, 5.74) is -0.783. The molecule has 92 valence electrons. The molecular formula is C12H15NO4. The third kappa shape index (κ3) is 2.74. The van der Waals surface area contributed by atoms with Crippen molar-refractivity contribution in [3.63, 3.8) is 0 Å². The van der Waals surface area contributed by atoms with Crippen LogP contribution in [0.5, 0.6) is 0 Å². The van der Waals surface area contributed by atoms with Crippen LogP contribution in [0, 0.1) is 0 Å². The summed E-state index contributed by atoms with van der Waals surface area (Å²) in [6.45, 7) is 2.81. The Morgan fingerprint density at radius 1 is 1.41 bits per heavy atom. The highest BCUT2D eigenvalue weighted by molar-refractivity contribution is 5.93. The summed E-state index contributed by atoms with van der Waals surface area (Å²) in [4.78, 5) is 24.4. The Morgan fingerprint density at radius 3 is 2.59 bits per heavy atom. The third-order valence-corrected chi connectivity index (χ3v) is 3.08. The molecule has 1 aliphatic rings. The molecule has 0 aromatic carbocycles. The van der Waals surface area contributed by atoms with Gasteiger partial charge >= 0.3 is 5.63 Å². The van der Waals surface area contributed by atoms with E-state index in [9.17, 15) is 14.7 Å². The standard InChI is InChI=1S/C12H15NO4/c1-12(16)4-6-13(7-5-12)11(15)9-2-3-10(14)17-8-9/h2-3,8,16H,4-7H2,1H3. The fraction of sp³-hybridized carbons (Fsp3) is 0.500. The van der Waals surface area contributed by atoms with E-state index in [1.54, 1.807) is 11.8 Å². The van der Waals surface area contributed by atoms with E-state index in [0.717, 1.165) is 0 Å². The normalized spacial score (nSPS) is 19.1. The van der Waals surface area contributed by atoms with Crippen LogP contribution in [-0.2, 0) is 0 Å². The van der Waals surface area contributed by atoms with Gasteiger partial charge in [0.2, 0.25) is 0 Å². The molecule has 0 bridgehead atoms. The molecule has 0 radical (unpaired) electrons. The van der Waals surface area contributed by atoms with Gasteiger partial charge in [-0.1, -0.05) is 0 Å². The summed E-state index contributed by atoms with van der Waals surface area (Å²) in [5.74, 6) is -0.163. The van der Waals surface area contributed by atoms with Crippen molar-refractivity contribution < 1.29 is 14.3 Å². The Labute approximate surface area is 98.7 Å². The summed E-state index contributed by atoms with van der Waals surface area (Å²) in [5, 5.41) is 9.78. The largest absolute Gasteiger partial charge is 0.430 e. The molecule has 1 amide bonds. The zero-order valence-electron chi connectivity index (χ0n) is 9.68. The minimum atomic E-state index is -0.681. The zero-order valence-corrected chi connectivity index (χ0v) is 9.68. The molecule has 1 N–H and O–H groups in total. The topological polar surface area (TPSA) is 70.8 Å². The first kappa shape index (κ1) is 11.9. The molecule has 1 aromatic heterocycles. The summed E-state index contributed by atoms with van der Waals surface area (Å²) in [7, 11) is 0. The van der Waals surface area contributed by atoms with Crippen LogP contribution in [0.25, 0.3) is 0 Å². The average molecular weight is 237 g/mol. The molecule has 17 heavy (non-hydrogen) atoms. The van der Waals surface area contributed by atoms with Gasteiger partial charge in [-0.2, -0.15) is 0 Å². The maximum atomic E-state index is 12.0. The number of likely N-dealkylation sites (tertiary alicyclic amines) is 1. The van der Waals surface area contributed by atoms with Crippen LogP contribution in [-0.4, -0.2) is 34.6 Å². The molecule has 2 rings (SSSR count). The maximum absolute atomic E-state index is 12.0. The van der Waals surface area contributed by atoms with Crippen molar-refractivity contribution in [1.29, 1.82) is 0 Å². The first-order valence-electron chi connectivity index (χ1n) is 5.58. The van der Waals surface area contributed by atoms with Gasteiger partial charge in [0.1, 0.15) is 6.26 Å². The van der Waals surface area contributed by atoms with Crippen molar-refractivity contribution in [2.75, 3.05) is 13.1 Å². The quantitative estimate of drug-likeness (QED) is 0.777. The Hall–Kier alpha value is -1.62. The second-order valence-electron chi connectivity index (χ2n) is 4.63. The Kier molecular flexibility index (Phi) is 3.02. The molecule has 2 heterocycles. The summed E-state index contributed by atoms with van der Waals surface area (Å²) in [6, 6.07) is 2.69. The van der Waals surface area contributed by atoms with Crippen LogP contribution in [0.1, 0.15) is 30.1 Å². The van der Waals surface area contributed by atoms with Crippen LogP contribution in [0.4, 0.5) is 0 Å². The van der Waals surface area contributed by atoms with Crippen molar-refractivity contribution in [3.8, 4) is 0 Å².